The first-order chi connectivity index (χ1) is 10.3. The number of nitrogens with zero attached hydrogens (tertiary/aromatic N) is 1. The highest BCUT2D eigenvalue weighted by Gasteiger charge is 2.45. The van der Waals surface area contributed by atoms with Crippen molar-refractivity contribution >= 4 is 5.97 Å². The number of phenolic OH excluding ortho intramolecular Hbond substituents is 1. The first-order valence-corrected chi connectivity index (χ1v) is 6.94. The van der Waals surface area contributed by atoms with Gasteiger partial charge in [0, 0.05) is 0 Å². The quantitative estimate of drug-likeness (QED) is 0.870. The van der Waals surface area contributed by atoms with Gasteiger partial charge < -0.3 is 9.84 Å². The molecule has 0 spiro atoms. The number of hydrogen-bond acceptors (Lipinski definition) is 4. The Labute approximate surface area is 126 Å². The molecule has 0 radical (unpaired) electrons. The summed E-state index contributed by atoms with van der Waals surface area (Å²) in [4.78, 5) is 13.5. The summed E-state index contributed by atoms with van der Waals surface area (Å²) in [6, 6.07) is 6.25. The van der Waals surface area contributed by atoms with Crippen LogP contribution in [0, 0.1) is 0 Å². The highest BCUT2D eigenvalue weighted by molar-refractivity contribution is 5.83. The third kappa shape index (κ3) is 3.52. The van der Waals surface area contributed by atoms with Crippen molar-refractivity contribution in [3.05, 3.63) is 29.8 Å². The van der Waals surface area contributed by atoms with Gasteiger partial charge >= 0.3 is 12.1 Å². The van der Waals surface area contributed by atoms with E-state index in [-0.39, 0.29) is 31.7 Å². The molecule has 2 rings (SSSR count). The number of likely N-dealkylation sites (tertiary alicyclic amines) is 1. The van der Waals surface area contributed by atoms with Gasteiger partial charge in [-0.1, -0.05) is 12.1 Å². The average molecular weight is 317 g/mol. The van der Waals surface area contributed by atoms with Crippen LogP contribution in [0.4, 0.5) is 13.2 Å². The van der Waals surface area contributed by atoms with Crippen LogP contribution in [0.15, 0.2) is 24.3 Å². The van der Waals surface area contributed by atoms with Gasteiger partial charge in [-0.25, -0.2) is 0 Å². The van der Waals surface area contributed by atoms with E-state index in [1.54, 1.807) is 12.1 Å². The van der Waals surface area contributed by atoms with E-state index in [1.807, 2.05) is 0 Å². The van der Waals surface area contributed by atoms with Gasteiger partial charge in [-0.15, -0.1) is 0 Å². The van der Waals surface area contributed by atoms with Crippen LogP contribution in [0.2, 0.25) is 0 Å². The van der Waals surface area contributed by atoms with Crippen LogP contribution in [0.1, 0.15) is 18.4 Å². The van der Waals surface area contributed by atoms with Gasteiger partial charge in [-0.2, -0.15) is 13.2 Å². The van der Waals surface area contributed by atoms with Crippen molar-refractivity contribution in [3.8, 4) is 5.75 Å². The third-order valence-corrected chi connectivity index (χ3v) is 4.09. The van der Waals surface area contributed by atoms with Crippen LogP contribution >= 0.6 is 0 Å². The number of piperidine rings is 1. The monoisotopic (exact) mass is 317 g/mol. The fraction of sp³-hybridized carbons (Fsp3) is 0.533. The molecule has 1 aliphatic heterocycles. The average Bonchev–Trinajstić information content (AvgIpc) is 2.46. The van der Waals surface area contributed by atoms with E-state index in [9.17, 15) is 23.1 Å². The van der Waals surface area contributed by atoms with Crippen molar-refractivity contribution in [2.24, 2.45) is 0 Å². The predicted molar refractivity (Wildman–Crippen MR) is 73.5 cm³/mol. The summed E-state index contributed by atoms with van der Waals surface area (Å²) in [5.41, 5.74) is -0.429. The van der Waals surface area contributed by atoms with Gasteiger partial charge in [-0.3, -0.25) is 9.69 Å². The van der Waals surface area contributed by atoms with E-state index in [0.717, 1.165) is 0 Å². The minimum absolute atomic E-state index is 0.0125. The molecule has 0 unspecified atom stereocenters. The highest BCUT2D eigenvalue weighted by Crippen LogP contribution is 2.38. The van der Waals surface area contributed by atoms with Crippen LogP contribution < -0.4 is 0 Å². The number of carbonyl (C=O) groups excluding carboxylic acids is 1. The van der Waals surface area contributed by atoms with Gasteiger partial charge in [0.15, 0.2) is 0 Å². The maximum atomic E-state index is 12.5. The maximum Gasteiger partial charge on any atom is 0.401 e. The molecule has 22 heavy (non-hydrogen) atoms. The predicted octanol–water partition coefficient (Wildman–Crippen LogP) is 2.46. The summed E-state index contributed by atoms with van der Waals surface area (Å²) in [5.74, 6) is -0.469. The normalized spacial score (nSPS) is 18.9. The van der Waals surface area contributed by atoms with Crippen molar-refractivity contribution in [2.75, 3.05) is 26.7 Å². The van der Waals surface area contributed by atoms with Gasteiger partial charge in [0.2, 0.25) is 0 Å². The molecule has 1 aliphatic rings. The fourth-order valence-electron chi connectivity index (χ4n) is 2.96. The molecule has 122 valence electrons. The minimum Gasteiger partial charge on any atom is -0.508 e. The number of halogens is 3. The summed E-state index contributed by atoms with van der Waals surface area (Å²) in [5, 5.41) is 9.61. The van der Waals surface area contributed by atoms with Gasteiger partial charge in [0.25, 0.3) is 0 Å². The molecular weight excluding hydrogens is 299 g/mol. The van der Waals surface area contributed by atoms with Gasteiger partial charge in [0.1, 0.15) is 5.75 Å². The highest BCUT2D eigenvalue weighted by atomic mass is 19.4. The number of esters is 1. The second-order valence-electron chi connectivity index (χ2n) is 5.52. The number of ether oxygens (including phenoxy) is 1. The summed E-state index contributed by atoms with van der Waals surface area (Å²) >= 11 is 0. The van der Waals surface area contributed by atoms with Crippen LogP contribution in [0.5, 0.6) is 5.75 Å². The molecule has 0 saturated carbocycles. The van der Waals surface area contributed by atoms with E-state index in [1.165, 1.54) is 24.1 Å². The summed E-state index contributed by atoms with van der Waals surface area (Å²) in [7, 11) is 1.26. The molecule has 1 aromatic carbocycles. The zero-order valence-electron chi connectivity index (χ0n) is 12.2. The van der Waals surface area contributed by atoms with Crippen molar-refractivity contribution in [2.45, 2.75) is 24.4 Å². The number of alkyl halides is 3. The molecule has 1 aromatic rings. The number of phenols is 1. The zero-order chi connectivity index (χ0) is 16.4. The zero-order valence-corrected chi connectivity index (χ0v) is 12.2. The SMILES string of the molecule is COC(=O)C1(c2cccc(O)c2)CCN(CC(F)(F)F)CC1. The molecule has 0 bridgehead atoms. The second kappa shape index (κ2) is 6.16. The third-order valence-electron chi connectivity index (χ3n) is 4.09. The van der Waals surface area contributed by atoms with Crippen molar-refractivity contribution in [1.29, 1.82) is 0 Å². The van der Waals surface area contributed by atoms with Gasteiger partial charge in [0.05, 0.1) is 19.1 Å². The van der Waals surface area contributed by atoms with E-state index in [4.69, 9.17) is 4.74 Å². The molecule has 7 heteroatoms. The molecule has 0 aliphatic carbocycles. The van der Waals surface area contributed by atoms with Crippen molar-refractivity contribution in [1.82, 2.24) is 4.90 Å². The molecule has 0 atom stereocenters. The molecule has 0 amide bonds. The van der Waals surface area contributed by atoms with E-state index in [0.29, 0.717) is 5.56 Å². The Bertz CT molecular complexity index is 537. The number of rotatable bonds is 3. The number of methoxy groups -OCH3 is 1. The number of carbonyl (C=O) groups is 1. The Morgan fingerprint density at radius 1 is 1.36 bits per heavy atom. The van der Waals surface area contributed by atoms with Crippen LogP contribution in [0.3, 0.4) is 0 Å². The summed E-state index contributed by atoms with van der Waals surface area (Å²) < 4.78 is 42.3. The fourth-order valence-corrected chi connectivity index (χ4v) is 2.96. The second-order valence-corrected chi connectivity index (χ2v) is 5.52. The molecule has 1 N–H and O–H groups in total. The van der Waals surface area contributed by atoms with Crippen molar-refractivity contribution < 1.29 is 27.8 Å². The number of benzene rings is 1. The first kappa shape index (κ1) is 16.6. The molecular formula is C15H18F3NO3. The smallest absolute Gasteiger partial charge is 0.401 e. The standard InChI is InChI=1S/C15H18F3NO3/c1-22-13(21)14(11-3-2-4-12(20)9-11)5-7-19(8-6-14)10-15(16,17)18/h2-4,9,20H,5-8,10H2,1H3. The molecule has 1 saturated heterocycles. The molecule has 1 heterocycles. The number of hydrogen-bond donors (Lipinski definition) is 1. The molecule has 1 fully saturated rings. The molecule has 4 nitrogen and oxygen atoms in total. The molecule has 0 aromatic heterocycles. The van der Waals surface area contributed by atoms with Crippen LogP contribution in [-0.4, -0.2) is 48.9 Å². The Morgan fingerprint density at radius 2 is 2.00 bits per heavy atom. The lowest BCUT2D eigenvalue weighted by molar-refractivity contribution is -0.156. The Kier molecular flexibility index (Phi) is 4.65. The topological polar surface area (TPSA) is 49.8 Å². The Morgan fingerprint density at radius 3 is 2.50 bits per heavy atom. The summed E-state index contributed by atoms with van der Waals surface area (Å²) in [6.45, 7) is -0.696. The minimum atomic E-state index is -4.25. The lowest BCUT2D eigenvalue weighted by Crippen LogP contribution is -2.49. The Balaban J connectivity index is 2.22. The van der Waals surface area contributed by atoms with E-state index >= 15 is 0 Å². The largest absolute Gasteiger partial charge is 0.508 e. The maximum absolute atomic E-state index is 12.5. The van der Waals surface area contributed by atoms with Crippen LogP contribution in [0.25, 0.3) is 0 Å². The number of aromatic hydroxyl groups is 1. The lowest BCUT2D eigenvalue weighted by atomic mass is 9.72. The Hall–Kier alpha value is -1.76. The van der Waals surface area contributed by atoms with Crippen molar-refractivity contribution in [3.63, 3.8) is 0 Å². The van der Waals surface area contributed by atoms with E-state index < -0.39 is 24.1 Å². The van der Waals surface area contributed by atoms with Crippen LogP contribution in [-0.2, 0) is 14.9 Å². The first-order valence-electron chi connectivity index (χ1n) is 6.94. The van der Waals surface area contributed by atoms with Gasteiger partial charge in [-0.05, 0) is 43.6 Å². The van der Waals surface area contributed by atoms with E-state index in [2.05, 4.69) is 0 Å². The summed E-state index contributed by atoms with van der Waals surface area (Å²) in [6.07, 6.45) is -3.81. The lowest BCUT2D eigenvalue weighted by Gasteiger charge is -2.40.